The van der Waals surface area contributed by atoms with Gasteiger partial charge in [-0.2, -0.15) is 0 Å². The molecule has 0 bridgehead atoms. The number of aliphatic hydroxyl groups is 1. The average molecular weight is 262 g/mol. The van der Waals surface area contributed by atoms with E-state index in [0.717, 1.165) is 0 Å². The Hall–Kier alpha value is -1.17. The molecule has 0 aliphatic rings. The highest BCUT2D eigenvalue weighted by molar-refractivity contribution is 6.34. The lowest BCUT2D eigenvalue weighted by Crippen LogP contribution is -2.16. The van der Waals surface area contributed by atoms with E-state index in [4.69, 9.17) is 36.7 Å². The molecule has 96 valence electrons. The van der Waals surface area contributed by atoms with E-state index < -0.39 is 6.04 Å². The maximum Gasteiger partial charge on any atom is 0.183 e. The molecule has 0 amide bonds. The maximum atomic E-state index is 9.09. The third kappa shape index (κ3) is 2.57. The van der Waals surface area contributed by atoms with Crippen LogP contribution in [0.15, 0.2) is 6.07 Å². The summed E-state index contributed by atoms with van der Waals surface area (Å²) in [5, 5.41) is 9.36. The van der Waals surface area contributed by atoms with E-state index in [1.807, 2.05) is 0 Å². The van der Waals surface area contributed by atoms with Gasteiger partial charge < -0.3 is 25.1 Å². The molecular formula is C11H16ClNO4. The summed E-state index contributed by atoms with van der Waals surface area (Å²) < 4.78 is 15.5. The van der Waals surface area contributed by atoms with Crippen molar-refractivity contribution in [3.8, 4) is 17.2 Å². The Labute approximate surface area is 105 Å². The third-order valence-electron chi connectivity index (χ3n) is 2.40. The van der Waals surface area contributed by atoms with Gasteiger partial charge in [0.1, 0.15) is 10.8 Å². The molecule has 0 aliphatic carbocycles. The summed E-state index contributed by atoms with van der Waals surface area (Å²) in [6.07, 6.45) is 0. The fourth-order valence-electron chi connectivity index (χ4n) is 1.53. The number of aliphatic hydroxyl groups excluding tert-OH is 1. The predicted octanol–water partition coefficient (Wildman–Crippen LogP) is 1.36. The summed E-state index contributed by atoms with van der Waals surface area (Å²) in [6, 6.07) is 1.05. The van der Waals surface area contributed by atoms with Crippen molar-refractivity contribution < 1.29 is 19.3 Å². The highest BCUT2D eigenvalue weighted by Crippen LogP contribution is 2.45. The minimum absolute atomic E-state index is 0.220. The van der Waals surface area contributed by atoms with Gasteiger partial charge in [-0.3, -0.25) is 0 Å². The lowest BCUT2D eigenvalue weighted by Gasteiger charge is -2.19. The van der Waals surface area contributed by atoms with Crippen molar-refractivity contribution in [2.24, 2.45) is 5.73 Å². The van der Waals surface area contributed by atoms with E-state index >= 15 is 0 Å². The highest BCUT2D eigenvalue weighted by atomic mass is 35.5. The lowest BCUT2D eigenvalue weighted by molar-refractivity contribution is 0.263. The number of halogens is 1. The van der Waals surface area contributed by atoms with Gasteiger partial charge in [0.15, 0.2) is 11.5 Å². The van der Waals surface area contributed by atoms with Crippen LogP contribution in [-0.2, 0) is 0 Å². The minimum atomic E-state index is -0.595. The molecule has 1 aromatic rings. The van der Waals surface area contributed by atoms with Crippen molar-refractivity contribution in [2.45, 2.75) is 6.04 Å². The fourth-order valence-corrected chi connectivity index (χ4v) is 1.89. The first-order valence-corrected chi connectivity index (χ1v) is 5.33. The zero-order valence-corrected chi connectivity index (χ0v) is 10.7. The molecule has 0 aromatic heterocycles. The zero-order chi connectivity index (χ0) is 13.0. The van der Waals surface area contributed by atoms with Crippen LogP contribution in [0.4, 0.5) is 0 Å². The Morgan fingerprint density at radius 2 is 1.82 bits per heavy atom. The van der Waals surface area contributed by atoms with E-state index in [-0.39, 0.29) is 11.6 Å². The molecule has 0 spiro atoms. The van der Waals surface area contributed by atoms with Gasteiger partial charge in [0.2, 0.25) is 0 Å². The number of hydrogen-bond acceptors (Lipinski definition) is 5. The Morgan fingerprint density at radius 3 is 2.24 bits per heavy atom. The van der Waals surface area contributed by atoms with Crippen LogP contribution in [0.3, 0.4) is 0 Å². The highest BCUT2D eigenvalue weighted by Gasteiger charge is 2.22. The smallest absolute Gasteiger partial charge is 0.183 e. The second kappa shape index (κ2) is 5.95. The first-order valence-electron chi connectivity index (χ1n) is 4.95. The first kappa shape index (κ1) is 13.9. The number of rotatable bonds is 5. The Balaban J connectivity index is 3.45. The van der Waals surface area contributed by atoms with Crippen molar-refractivity contribution in [3.05, 3.63) is 16.7 Å². The number of ether oxygens (including phenoxy) is 3. The van der Waals surface area contributed by atoms with Gasteiger partial charge in [0.05, 0.1) is 34.0 Å². The number of benzene rings is 1. The second-order valence-electron chi connectivity index (χ2n) is 3.34. The molecular weight excluding hydrogens is 246 g/mol. The molecule has 1 unspecified atom stereocenters. The topological polar surface area (TPSA) is 73.9 Å². The molecule has 0 heterocycles. The second-order valence-corrected chi connectivity index (χ2v) is 3.72. The zero-order valence-electron chi connectivity index (χ0n) is 9.99. The van der Waals surface area contributed by atoms with E-state index in [9.17, 15) is 0 Å². The normalized spacial score (nSPS) is 12.1. The summed E-state index contributed by atoms with van der Waals surface area (Å²) in [5.74, 6) is 1.20. The molecule has 0 saturated carbocycles. The van der Waals surface area contributed by atoms with Gasteiger partial charge in [0.25, 0.3) is 0 Å². The van der Waals surface area contributed by atoms with E-state index in [1.165, 1.54) is 21.3 Å². The van der Waals surface area contributed by atoms with E-state index in [0.29, 0.717) is 22.8 Å². The van der Waals surface area contributed by atoms with Crippen LogP contribution in [-0.4, -0.2) is 33.0 Å². The number of hydrogen-bond donors (Lipinski definition) is 2. The van der Waals surface area contributed by atoms with Gasteiger partial charge in [-0.05, 0) is 6.07 Å². The molecule has 0 aliphatic heterocycles. The van der Waals surface area contributed by atoms with Gasteiger partial charge >= 0.3 is 0 Å². The van der Waals surface area contributed by atoms with Crippen LogP contribution in [0.2, 0.25) is 5.02 Å². The van der Waals surface area contributed by atoms with Crippen LogP contribution < -0.4 is 19.9 Å². The van der Waals surface area contributed by atoms with Gasteiger partial charge in [-0.15, -0.1) is 0 Å². The molecule has 0 saturated heterocycles. The summed E-state index contributed by atoms with van der Waals surface area (Å²) in [4.78, 5) is 0. The summed E-state index contributed by atoms with van der Waals surface area (Å²) in [5.41, 5.74) is 6.34. The van der Waals surface area contributed by atoms with E-state index in [1.54, 1.807) is 6.07 Å². The molecule has 1 atom stereocenters. The van der Waals surface area contributed by atoms with Gasteiger partial charge in [-0.25, -0.2) is 0 Å². The molecule has 1 aromatic carbocycles. The third-order valence-corrected chi connectivity index (χ3v) is 2.74. The van der Waals surface area contributed by atoms with Gasteiger partial charge in [0, 0.05) is 5.56 Å². The van der Waals surface area contributed by atoms with Crippen LogP contribution in [0, 0.1) is 0 Å². The molecule has 1 rings (SSSR count). The van der Waals surface area contributed by atoms with Crippen molar-refractivity contribution in [2.75, 3.05) is 27.9 Å². The summed E-state index contributed by atoms with van der Waals surface area (Å²) in [6.45, 7) is -0.220. The average Bonchev–Trinajstić information content (AvgIpc) is 2.36. The Morgan fingerprint density at radius 1 is 1.24 bits per heavy atom. The Bertz CT molecular complexity index is 398. The maximum absolute atomic E-state index is 9.09. The molecule has 0 fully saturated rings. The lowest BCUT2D eigenvalue weighted by atomic mass is 10.1. The van der Waals surface area contributed by atoms with Crippen LogP contribution in [0.25, 0.3) is 0 Å². The van der Waals surface area contributed by atoms with Crippen LogP contribution in [0.5, 0.6) is 17.2 Å². The molecule has 0 radical (unpaired) electrons. The molecule has 6 heteroatoms. The number of methoxy groups -OCH3 is 3. The van der Waals surface area contributed by atoms with Crippen molar-refractivity contribution in [3.63, 3.8) is 0 Å². The fraction of sp³-hybridized carbons (Fsp3) is 0.455. The number of nitrogens with two attached hydrogens (primary N) is 1. The standard InChI is InChI=1S/C11H16ClNO4/c1-15-8-4-6(7(13)5-14)10(16-2)9(12)11(8)17-3/h4,7,14H,5,13H2,1-3H3. The molecule has 5 nitrogen and oxygen atoms in total. The van der Waals surface area contributed by atoms with Gasteiger partial charge in [-0.1, -0.05) is 11.6 Å². The molecule has 3 N–H and O–H groups in total. The van der Waals surface area contributed by atoms with Crippen molar-refractivity contribution >= 4 is 11.6 Å². The quantitative estimate of drug-likeness (QED) is 0.837. The first-order chi connectivity index (χ1) is 8.10. The van der Waals surface area contributed by atoms with Crippen LogP contribution in [0.1, 0.15) is 11.6 Å². The van der Waals surface area contributed by atoms with Crippen LogP contribution >= 0.6 is 11.6 Å². The summed E-state index contributed by atoms with van der Waals surface area (Å²) >= 11 is 6.13. The minimum Gasteiger partial charge on any atom is -0.495 e. The Kier molecular flexibility index (Phi) is 4.86. The molecule has 17 heavy (non-hydrogen) atoms. The monoisotopic (exact) mass is 261 g/mol. The summed E-state index contributed by atoms with van der Waals surface area (Å²) in [7, 11) is 4.45. The predicted molar refractivity (Wildman–Crippen MR) is 65.1 cm³/mol. The van der Waals surface area contributed by atoms with E-state index in [2.05, 4.69) is 0 Å². The SMILES string of the molecule is COc1cc(C(N)CO)c(OC)c(Cl)c1OC. The largest absolute Gasteiger partial charge is 0.495 e. The van der Waals surface area contributed by atoms with Crippen molar-refractivity contribution in [1.82, 2.24) is 0 Å². The van der Waals surface area contributed by atoms with Crippen molar-refractivity contribution in [1.29, 1.82) is 0 Å².